The molecule has 4 heteroatoms. The predicted octanol–water partition coefficient (Wildman–Crippen LogP) is 3.82. The van der Waals surface area contributed by atoms with Crippen LogP contribution in [0.1, 0.15) is 16.7 Å². The Morgan fingerprint density at radius 2 is 1.84 bits per heavy atom. The lowest BCUT2D eigenvalue weighted by Gasteiger charge is -2.08. The van der Waals surface area contributed by atoms with E-state index >= 15 is 0 Å². The largest absolute Gasteiger partial charge is 0.375 e. The van der Waals surface area contributed by atoms with E-state index in [0.717, 1.165) is 11.1 Å². The minimum Gasteiger partial charge on any atom is -0.375 e. The van der Waals surface area contributed by atoms with E-state index < -0.39 is 0 Å². The third-order valence-electron chi connectivity index (χ3n) is 2.92. The fourth-order valence-corrected chi connectivity index (χ4v) is 1.96. The van der Waals surface area contributed by atoms with Crippen molar-refractivity contribution in [3.05, 3.63) is 69.3 Å². The lowest BCUT2D eigenvalue weighted by Crippen LogP contribution is -2.03. The molecule has 19 heavy (non-hydrogen) atoms. The zero-order valence-electron chi connectivity index (χ0n) is 11.0. The van der Waals surface area contributed by atoms with Crippen molar-refractivity contribution >= 4 is 11.4 Å². The van der Waals surface area contributed by atoms with Gasteiger partial charge in [0.25, 0.3) is 5.69 Å². The molecule has 2 aromatic carbocycles. The predicted molar refractivity (Wildman–Crippen MR) is 76.3 cm³/mol. The Bertz CT molecular complexity index is 609. The molecule has 0 atom stereocenters. The molecule has 0 spiro atoms. The van der Waals surface area contributed by atoms with E-state index in [1.54, 1.807) is 12.1 Å². The van der Waals surface area contributed by atoms with Crippen LogP contribution in [0.15, 0.2) is 42.5 Å². The molecule has 1 N–H and O–H groups in total. The van der Waals surface area contributed by atoms with Gasteiger partial charge in [0, 0.05) is 12.6 Å². The first kappa shape index (κ1) is 13.1. The van der Waals surface area contributed by atoms with Crippen LogP contribution in [0.3, 0.4) is 0 Å². The summed E-state index contributed by atoms with van der Waals surface area (Å²) in [7, 11) is 0. The van der Waals surface area contributed by atoms with Gasteiger partial charge in [-0.15, -0.1) is 0 Å². The SMILES string of the molecule is Cc1cccc(CNc2ccc(C)cc2[N+](=O)[O-])c1. The van der Waals surface area contributed by atoms with Crippen LogP contribution < -0.4 is 5.32 Å². The van der Waals surface area contributed by atoms with Gasteiger partial charge in [0.15, 0.2) is 0 Å². The number of aryl methyl sites for hydroxylation is 2. The number of rotatable bonds is 4. The summed E-state index contributed by atoms with van der Waals surface area (Å²) in [5.41, 5.74) is 3.84. The van der Waals surface area contributed by atoms with Crippen molar-refractivity contribution in [3.8, 4) is 0 Å². The smallest absolute Gasteiger partial charge is 0.292 e. The van der Waals surface area contributed by atoms with Gasteiger partial charge in [-0.05, 0) is 31.0 Å². The molecule has 2 rings (SSSR count). The quantitative estimate of drug-likeness (QED) is 0.668. The zero-order chi connectivity index (χ0) is 13.8. The number of benzene rings is 2. The highest BCUT2D eigenvalue weighted by Gasteiger charge is 2.13. The lowest BCUT2D eigenvalue weighted by atomic mass is 10.1. The van der Waals surface area contributed by atoms with Gasteiger partial charge >= 0.3 is 0 Å². The Hall–Kier alpha value is -2.36. The molecule has 0 aromatic heterocycles. The Labute approximate surface area is 112 Å². The summed E-state index contributed by atoms with van der Waals surface area (Å²) < 4.78 is 0. The fraction of sp³-hybridized carbons (Fsp3) is 0.200. The summed E-state index contributed by atoms with van der Waals surface area (Å²) in [5, 5.41) is 14.1. The van der Waals surface area contributed by atoms with Gasteiger partial charge in [-0.3, -0.25) is 10.1 Å². The number of anilines is 1. The zero-order valence-corrected chi connectivity index (χ0v) is 11.0. The topological polar surface area (TPSA) is 55.2 Å². The highest BCUT2D eigenvalue weighted by atomic mass is 16.6. The molecule has 0 heterocycles. The van der Waals surface area contributed by atoms with Crippen molar-refractivity contribution in [2.45, 2.75) is 20.4 Å². The van der Waals surface area contributed by atoms with Gasteiger partial charge in [0.05, 0.1) is 4.92 Å². The second kappa shape index (κ2) is 5.52. The van der Waals surface area contributed by atoms with E-state index in [9.17, 15) is 10.1 Å². The summed E-state index contributed by atoms with van der Waals surface area (Å²) in [4.78, 5) is 10.6. The van der Waals surface area contributed by atoms with Crippen LogP contribution in [0.2, 0.25) is 0 Å². The van der Waals surface area contributed by atoms with Gasteiger partial charge in [-0.1, -0.05) is 35.9 Å². The first-order chi connectivity index (χ1) is 9.06. The third-order valence-corrected chi connectivity index (χ3v) is 2.92. The van der Waals surface area contributed by atoms with E-state index in [1.165, 1.54) is 5.56 Å². The van der Waals surface area contributed by atoms with Gasteiger partial charge in [-0.2, -0.15) is 0 Å². The first-order valence-corrected chi connectivity index (χ1v) is 6.11. The molecule has 0 fully saturated rings. The maximum absolute atomic E-state index is 11.0. The molecule has 2 aromatic rings. The lowest BCUT2D eigenvalue weighted by molar-refractivity contribution is -0.384. The fourth-order valence-electron chi connectivity index (χ4n) is 1.96. The van der Waals surface area contributed by atoms with Crippen molar-refractivity contribution in [3.63, 3.8) is 0 Å². The van der Waals surface area contributed by atoms with Crippen LogP contribution in [0, 0.1) is 24.0 Å². The molecular weight excluding hydrogens is 240 g/mol. The standard InChI is InChI=1S/C15H16N2O2/c1-11-4-3-5-13(8-11)10-16-14-7-6-12(2)9-15(14)17(18)19/h3-9,16H,10H2,1-2H3. The molecule has 4 nitrogen and oxygen atoms in total. The van der Waals surface area contributed by atoms with Crippen molar-refractivity contribution in [2.24, 2.45) is 0 Å². The summed E-state index contributed by atoms with van der Waals surface area (Å²) in [6, 6.07) is 13.3. The Kier molecular flexibility index (Phi) is 3.80. The van der Waals surface area contributed by atoms with Gasteiger partial charge < -0.3 is 5.32 Å². The van der Waals surface area contributed by atoms with E-state index in [0.29, 0.717) is 12.2 Å². The number of hydrogen-bond acceptors (Lipinski definition) is 3. The van der Waals surface area contributed by atoms with Crippen LogP contribution >= 0.6 is 0 Å². The Morgan fingerprint density at radius 1 is 1.11 bits per heavy atom. The van der Waals surface area contributed by atoms with Gasteiger partial charge in [0.1, 0.15) is 5.69 Å². The average Bonchev–Trinajstić information content (AvgIpc) is 2.37. The molecule has 0 aliphatic heterocycles. The maximum atomic E-state index is 11.0. The maximum Gasteiger partial charge on any atom is 0.292 e. The molecule has 98 valence electrons. The van der Waals surface area contributed by atoms with Crippen LogP contribution in [0.5, 0.6) is 0 Å². The second-order valence-electron chi connectivity index (χ2n) is 4.62. The van der Waals surface area contributed by atoms with Crippen molar-refractivity contribution < 1.29 is 4.92 Å². The summed E-state index contributed by atoms with van der Waals surface area (Å²) in [6.45, 7) is 4.45. The van der Waals surface area contributed by atoms with Crippen LogP contribution in [-0.2, 0) is 6.54 Å². The number of nitro groups is 1. The van der Waals surface area contributed by atoms with Crippen molar-refractivity contribution in [1.82, 2.24) is 0 Å². The van der Waals surface area contributed by atoms with Crippen molar-refractivity contribution in [2.75, 3.05) is 5.32 Å². The number of hydrogen-bond donors (Lipinski definition) is 1. The summed E-state index contributed by atoms with van der Waals surface area (Å²) in [6.07, 6.45) is 0. The minimum atomic E-state index is -0.356. The molecule has 0 saturated carbocycles. The van der Waals surface area contributed by atoms with E-state index in [2.05, 4.69) is 11.4 Å². The highest BCUT2D eigenvalue weighted by Crippen LogP contribution is 2.25. The highest BCUT2D eigenvalue weighted by molar-refractivity contribution is 5.62. The van der Waals surface area contributed by atoms with E-state index in [4.69, 9.17) is 0 Å². The van der Waals surface area contributed by atoms with Crippen molar-refractivity contribution in [1.29, 1.82) is 0 Å². The second-order valence-corrected chi connectivity index (χ2v) is 4.62. The molecule has 0 aliphatic carbocycles. The normalized spacial score (nSPS) is 10.2. The Morgan fingerprint density at radius 3 is 2.53 bits per heavy atom. The van der Waals surface area contributed by atoms with E-state index in [1.807, 2.05) is 38.1 Å². The molecule has 0 unspecified atom stereocenters. The number of nitrogens with zero attached hydrogens (tertiary/aromatic N) is 1. The summed E-state index contributed by atoms with van der Waals surface area (Å²) in [5.74, 6) is 0. The summed E-state index contributed by atoms with van der Waals surface area (Å²) >= 11 is 0. The third kappa shape index (κ3) is 3.31. The van der Waals surface area contributed by atoms with Crippen LogP contribution in [-0.4, -0.2) is 4.92 Å². The minimum absolute atomic E-state index is 0.118. The number of nitrogens with one attached hydrogen (secondary N) is 1. The molecule has 0 bridgehead atoms. The number of nitro benzene ring substituents is 1. The average molecular weight is 256 g/mol. The van der Waals surface area contributed by atoms with Crippen LogP contribution in [0.4, 0.5) is 11.4 Å². The van der Waals surface area contributed by atoms with Crippen LogP contribution in [0.25, 0.3) is 0 Å². The van der Waals surface area contributed by atoms with Gasteiger partial charge in [-0.25, -0.2) is 0 Å². The first-order valence-electron chi connectivity index (χ1n) is 6.11. The molecule has 0 radical (unpaired) electrons. The molecular formula is C15H16N2O2. The van der Waals surface area contributed by atoms with E-state index in [-0.39, 0.29) is 10.6 Å². The monoisotopic (exact) mass is 256 g/mol. The van der Waals surface area contributed by atoms with Gasteiger partial charge in [0.2, 0.25) is 0 Å². The molecule has 0 aliphatic rings. The molecule has 0 saturated heterocycles. The molecule has 0 amide bonds. The Balaban J connectivity index is 2.17.